The van der Waals surface area contributed by atoms with Crippen LogP contribution in [-0.4, -0.2) is 31.2 Å². The molecule has 0 spiro atoms. The van der Waals surface area contributed by atoms with E-state index in [1.165, 1.54) is 23.2 Å². The first-order valence-corrected chi connectivity index (χ1v) is 6.42. The molecule has 4 nitrogen and oxygen atoms in total. The van der Waals surface area contributed by atoms with Gasteiger partial charge in [-0.25, -0.2) is 0 Å². The van der Waals surface area contributed by atoms with Crippen LogP contribution in [0.1, 0.15) is 24.0 Å². The lowest BCUT2D eigenvalue weighted by Crippen LogP contribution is -2.25. The first-order chi connectivity index (χ1) is 8.66. The highest BCUT2D eigenvalue weighted by Gasteiger charge is 2.13. The minimum atomic E-state index is -0.755. The monoisotopic (exact) mass is 248 g/mol. The first kappa shape index (κ1) is 12.9. The van der Waals surface area contributed by atoms with E-state index in [2.05, 4.69) is 35.5 Å². The smallest absolute Gasteiger partial charge is 0.304 e. The zero-order chi connectivity index (χ0) is 13.0. The quantitative estimate of drug-likeness (QED) is 0.778. The average molecular weight is 248 g/mol. The average Bonchev–Trinajstić information content (AvgIpc) is 2.35. The Hall–Kier alpha value is -1.55. The van der Waals surface area contributed by atoms with E-state index < -0.39 is 5.97 Å². The number of rotatable bonds is 5. The van der Waals surface area contributed by atoms with E-state index in [1.807, 2.05) is 0 Å². The molecule has 0 bridgehead atoms. The second-order valence-corrected chi connectivity index (χ2v) is 4.81. The second-order valence-electron chi connectivity index (χ2n) is 4.81. The fourth-order valence-corrected chi connectivity index (χ4v) is 2.38. The van der Waals surface area contributed by atoms with E-state index in [-0.39, 0.29) is 6.42 Å². The lowest BCUT2D eigenvalue weighted by atomic mass is 9.99. The molecule has 0 aromatic heterocycles. The highest BCUT2D eigenvalue weighted by atomic mass is 16.4. The fourth-order valence-electron chi connectivity index (χ4n) is 2.38. The van der Waals surface area contributed by atoms with Crippen molar-refractivity contribution >= 4 is 11.7 Å². The Balaban J connectivity index is 1.92. The molecule has 1 aromatic carbocycles. The number of nitrogens with zero attached hydrogens (tertiary/aromatic N) is 1. The van der Waals surface area contributed by atoms with Gasteiger partial charge in [0.15, 0.2) is 0 Å². The Labute approximate surface area is 108 Å². The van der Waals surface area contributed by atoms with Crippen LogP contribution in [0.4, 0.5) is 5.69 Å². The summed E-state index contributed by atoms with van der Waals surface area (Å²) in [7, 11) is 2.13. The van der Waals surface area contributed by atoms with Gasteiger partial charge in [0.2, 0.25) is 0 Å². The molecule has 0 fully saturated rings. The molecule has 0 unspecified atom stereocenters. The molecule has 0 atom stereocenters. The summed E-state index contributed by atoms with van der Waals surface area (Å²) in [5.41, 5.74) is 3.96. The summed E-state index contributed by atoms with van der Waals surface area (Å²) in [6.07, 6.45) is 2.52. The van der Waals surface area contributed by atoms with Crippen molar-refractivity contribution in [3.63, 3.8) is 0 Å². The lowest BCUT2D eigenvalue weighted by Gasteiger charge is -2.27. The summed E-state index contributed by atoms with van der Waals surface area (Å²) in [5, 5.41) is 11.7. The Morgan fingerprint density at radius 3 is 3.11 bits per heavy atom. The van der Waals surface area contributed by atoms with Crippen molar-refractivity contribution in [3.05, 3.63) is 29.3 Å². The number of anilines is 1. The second kappa shape index (κ2) is 5.87. The van der Waals surface area contributed by atoms with Crippen LogP contribution in [-0.2, 0) is 17.8 Å². The summed E-state index contributed by atoms with van der Waals surface area (Å²) in [6, 6.07) is 6.52. The summed E-state index contributed by atoms with van der Waals surface area (Å²) in [4.78, 5) is 12.7. The van der Waals surface area contributed by atoms with Gasteiger partial charge in [-0.15, -0.1) is 0 Å². The molecule has 2 rings (SSSR count). The van der Waals surface area contributed by atoms with Crippen molar-refractivity contribution in [2.45, 2.75) is 25.8 Å². The number of hydrogen-bond acceptors (Lipinski definition) is 3. The van der Waals surface area contributed by atoms with Crippen molar-refractivity contribution in [3.8, 4) is 0 Å². The fraction of sp³-hybridized carbons (Fsp3) is 0.500. The molecule has 2 N–H and O–H groups in total. The van der Waals surface area contributed by atoms with E-state index in [0.29, 0.717) is 6.54 Å². The first-order valence-electron chi connectivity index (χ1n) is 6.42. The molecule has 0 radical (unpaired) electrons. The molecule has 98 valence electrons. The van der Waals surface area contributed by atoms with Gasteiger partial charge in [-0.2, -0.15) is 0 Å². The molecular formula is C14H20N2O2. The van der Waals surface area contributed by atoms with Crippen LogP contribution >= 0.6 is 0 Å². The predicted molar refractivity (Wildman–Crippen MR) is 72.0 cm³/mol. The Kier molecular flexibility index (Phi) is 4.20. The third-order valence-electron chi connectivity index (χ3n) is 3.34. The van der Waals surface area contributed by atoms with Gasteiger partial charge < -0.3 is 15.3 Å². The maximum atomic E-state index is 10.4. The van der Waals surface area contributed by atoms with Gasteiger partial charge in [0, 0.05) is 32.4 Å². The molecule has 0 amide bonds. The molecule has 1 aliphatic rings. The van der Waals surface area contributed by atoms with Crippen LogP contribution < -0.4 is 10.2 Å². The van der Waals surface area contributed by atoms with Crippen LogP contribution in [0.3, 0.4) is 0 Å². The van der Waals surface area contributed by atoms with Gasteiger partial charge in [-0.3, -0.25) is 4.79 Å². The van der Waals surface area contributed by atoms with Crippen molar-refractivity contribution in [2.75, 3.05) is 25.0 Å². The standard InChI is InChI=1S/C14H20N2O2/c1-16-8-2-3-12-9-11(4-5-13(12)16)10-15-7-6-14(17)18/h4-5,9,15H,2-3,6-8,10H2,1H3,(H,17,18). The number of hydrogen-bond donors (Lipinski definition) is 2. The molecule has 0 saturated heterocycles. The minimum Gasteiger partial charge on any atom is -0.481 e. The van der Waals surface area contributed by atoms with Gasteiger partial charge in [-0.05, 0) is 30.0 Å². The molecule has 4 heteroatoms. The van der Waals surface area contributed by atoms with Gasteiger partial charge >= 0.3 is 5.97 Å². The van der Waals surface area contributed by atoms with Crippen LogP contribution in [0.5, 0.6) is 0 Å². The Morgan fingerprint density at radius 2 is 2.33 bits per heavy atom. The van der Waals surface area contributed by atoms with Crippen molar-refractivity contribution < 1.29 is 9.90 Å². The molecule has 1 aromatic rings. The van der Waals surface area contributed by atoms with E-state index in [1.54, 1.807) is 0 Å². The SMILES string of the molecule is CN1CCCc2cc(CNCCC(=O)O)ccc21. The summed E-state index contributed by atoms with van der Waals surface area (Å²) in [6.45, 7) is 2.39. The highest BCUT2D eigenvalue weighted by Crippen LogP contribution is 2.26. The van der Waals surface area contributed by atoms with E-state index >= 15 is 0 Å². The maximum Gasteiger partial charge on any atom is 0.304 e. The number of aliphatic carboxylic acids is 1. The van der Waals surface area contributed by atoms with Gasteiger partial charge in [0.05, 0.1) is 6.42 Å². The van der Waals surface area contributed by atoms with Gasteiger partial charge in [-0.1, -0.05) is 12.1 Å². The largest absolute Gasteiger partial charge is 0.481 e. The van der Waals surface area contributed by atoms with Crippen LogP contribution in [0.25, 0.3) is 0 Å². The lowest BCUT2D eigenvalue weighted by molar-refractivity contribution is -0.136. The third-order valence-corrected chi connectivity index (χ3v) is 3.34. The van der Waals surface area contributed by atoms with Gasteiger partial charge in [0.1, 0.15) is 0 Å². The van der Waals surface area contributed by atoms with E-state index in [0.717, 1.165) is 19.5 Å². The summed E-state index contributed by atoms with van der Waals surface area (Å²) >= 11 is 0. The molecule has 1 aliphatic heterocycles. The number of nitrogens with one attached hydrogen (secondary N) is 1. The summed E-state index contributed by atoms with van der Waals surface area (Å²) in [5.74, 6) is -0.755. The van der Waals surface area contributed by atoms with Crippen LogP contribution in [0, 0.1) is 0 Å². The zero-order valence-electron chi connectivity index (χ0n) is 10.8. The van der Waals surface area contributed by atoms with Crippen molar-refractivity contribution in [1.82, 2.24) is 5.32 Å². The van der Waals surface area contributed by atoms with Crippen molar-refractivity contribution in [1.29, 1.82) is 0 Å². The number of carbonyl (C=O) groups is 1. The minimum absolute atomic E-state index is 0.174. The molecule has 1 heterocycles. The molecule has 0 saturated carbocycles. The molecular weight excluding hydrogens is 228 g/mol. The number of carboxylic acid groups (broad SMARTS) is 1. The van der Waals surface area contributed by atoms with E-state index in [9.17, 15) is 4.79 Å². The topological polar surface area (TPSA) is 52.6 Å². The number of aryl methyl sites for hydroxylation is 1. The normalized spacial score (nSPS) is 14.4. The maximum absolute atomic E-state index is 10.4. The highest BCUT2D eigenvalue weighted by molar-refractivity contribution is 5.66. The number of carboxylic acids is 1. The van der Waals surface area contributed by atoms with Crippen LogP contribution in [0.15, 0.2) is 18.2 Å². The Bertz CT molecular complexity index is 432. The van der Waals surface area contributed by atoms with Crippen LogP contribution in [0.2, 0.25) is 0 Å². The zero-order valence-corrected chi connectivity index (χ0v) is 10.8. The Morgan fingerprint density at radius 1 is 1.50 bits per heavy atom. The molecule has 0 aliphatic carbocycles. The van der Waals surface area contributed by atoms with E-state index in [4.69, 9.17) is 5.11 Å². The number of fused-ring (bicyclic) bond motifs is 1. The summed E-state index contributed by atoms with van der Waals surface area (Å²) < 4.78 is 0. The van der Waals surface area contributed by atoms with Gasteiger partial charge in [0.25, 0.3) is 0 Å². The molecule has 18 heavy (non-hydrogen) atoms. The third kappa shape index (κ3) is 3.23. The van der Waals surface area contributed by atoms with Crippen molar-refractivity contribution in [2.24, 2.45) is 0 Å². The predicted octanol–water partition coefficient (Wildman–Crippen LogP) is 1.63. The number of benzene rings is 1.